The molecule has 0 radical (unpaired) electrons. The maximum Gasteiger partial charge on any atom is 0.410 e. The fraction of sp³-hybridized carbons (Fsp3) is 0.480. The van der Waals surface area contributed by atoms with Gasteiger partial charge in [0, 0.05) is 24.4 Å². The van der Waals surface area contributed by atoms with E-state index in [-0.39, 0.29) is 40.6 Å². The zero-order valence-corrected chi connectivity index (χ0v) is 22.4. The highest BCUT2D eigenvalue weighted by Gasteiger charge is 2.45. The van der Waals surface area contributed by atoms with Gasteiger partial charge in [0.1, 0.15) is 35.1 Å². The summed E-state index contributed by atoms with van der Waals surface area (Å²) in [5, 5.41) is 6.36. The number of halogens is 1. The molecule has 0 saturated carbocycles. The van der Waals surface area contributed by atoms with Gasteiger partial charge in [-0.25, -0.2) is 37.5 Å². The normalized spacial score (nSPS) is 21.4. The first-order chi connectivity index (χ1) is 17.9. The first kappa shape index (κ1) is 26.0. The number of nitrogens with one attached hydrogen (secondary N) is 2. The molecule has 0 spiro atoms. The van der Waals surface area contributed by atoms with Crippen molar-refractivity contribution in [2.75, 3.05) is 16.9 Å². The second-order valence-corrected chi connectivity index (χ2v) is 12.8. The molecule has 5 rings (SSSR count). The van der Waals surface area contributed by atoms with E-state index in [1.165, 1.54) is 24.8 Å². The predicted molar refractivity (Wildman–Crippen MR) is 139 cm³/mol. The van der Waals surface area contributed by atoms with E-state index >= 15 is 0 Å². The maximum atomic E-state index is 14.7. The fourth-order valence-corrected chi connectivity index (χ4v) is 5.77. The van der Waals surface area contributed by atoms with E-state index in [0.717, 1.165) is 38.0 Å². The van der Waals surface area contributed by atoms with Crippen LogP contribution in [-0.4, -0.2) is 69.3 Å². The number of aromatic nitrogens is 4. The summed E-state index contributed by atoms with van der Waals surface area (Å²) in [6.07, 6.45) is 6.80. The molecule has 38 heavy (non-hydrogen) atoms. The Bertz CT molecular complexity index is 1480. The molecular weight excluding hydrogens is 513 g/mol. The van der Waals surface area contributed by atoms with Crippen molar-refractivity contribution in [1.82, 2.24) is 24.8 Å². The van der Waals surface area contributed by atoms with Gasteiger partial charge < -0.3 is 20.3 Å². The molecule has 2 aliphatic rings. The van der Waals surface area contributed by atoms with Gasteiger partial charge >= 0.3 is 6.09 Å². The highest BCUT2D eigenvalue weighted by Crippen LogP contribution is 2.38. The third-order valence-corrected chi connectivity index (χ3v) is 7.83. The summed E-state index contributed by atoms with van der Waals surface area (Å²) in [5.74, 6) is 0.0362. The topological polar surface area (TPSA) is 139 Å². The van der Waals surface area contributed by atoms with Gasteiger partial charge in [-0.05, 0) is 64.7 Å². The van der Waals surface area contributed by atoms with Gasteiger partial charge in [0.2, 0.25) is 0 Å². The fourth-order valence-electron chi connectivity index (χ4n) is 5.13. The number of hydrogen-bond acceptors (Lipinski definition) is 10. The number of rotatable bonds is 5. The lowest BCUT2D eigenvalue weighted by molar-refractivity contribution is 0.00682. The zero-order valence-electron chi connectivity index (χ0n) is 21.6. The van der Waals surface area contributed by atoms with E-state index in [1.807, 2.05) is 25.7 Å². The Kier molecular flexibility index (Phi) is 6.58. The van der Waals surface area contributed by atoms with Crippen molar-refractivity contribution in [2.24, 2.45) is 0 Å². The SMILES string of the molecule is CC(C)(C)OC(=O)N1[C@@H]2CC[C@H]1CC(Nc1ncnc3c(Nc4ccc(S(C)(=O)=O)cc4F)ncnc13)C2. The summed E-state index contributed by atoms with van der Waals surface area (Å²) in [5.41, 5.74) is 0.345. The monoisotopic (exact) mass is 543 g/mol. The lowest BCUT2D eigenvalue weighted by atomic mass is 9.97. The van der Waals surface area contributed by atoms with Crippen LogP contribution >= 0.6 is 0 Å². The van der Waals surface area contributed by atoms with Gasteiger partial charge in [-0.15, -0.1) is 0 Å². The average molecular weight is 544 g/mol. The van der Waals surface area contributed by atoms with Crippen LogP contribution in [0.2, 0.25) is 0 Å². The molecule has 2 saturated heterocycles. The summed E-state index contributed by atoms with van der Waals surface area (Å²) in [7, 11) is -3.54. The Labute approximate surface area is 220 Å². The average Bonchev–Trinajstić information content (AvgIpc) is 3.10. The molecule has 2 N–H and O–H groups in total. The van der Waals surface area contributed by atoms with Crippen LogP contribution in [0.4, 0.5) is 26.5 Å². The number of carbonyl (C=O) groups excluding carboxylic acids is 1. The molecule has 1 amide bonds. The minimum Gasteiger partial charge on any atom is -0.444 e. The van der Waals surface area contributed by atoms with Crippen molar-refractivity contribution < 1.29 is 22.3 Å². The predicted octanol–water partition coefficient (Wildman–Crippen LogP) is 4.05. The lowest BCUT2D eigenvalue weighted by Crippen LogP contribution is -2.51. The Hall–Kier alpha value is -3.61. The number of sulfone groups is 1. The van der Waals surface area contributed by atoms with E-state index in [2.05, 4.69) is 30.6 Å². The standard InChI is InChI=1S/C25H30FN7O4S/c1-25(2,3)37-24(34)33-15-5-6-16(33)10-14(9-15)31-22-20-21(28-12-29-22)23(30-13-27-20)32-19-8-7-17(11-18(19)26)38(4,35)36/h7-8,11-16H,5-6,9-10H2,1-4H3,(H,27,30,32)(H,28,29,31)/t14?,15-,16+. The largest absolute Gasteiger partial charge is 0.444 e. The number of carbonyl (C=O) groups is 1. The quantitative estimate of drug-likeness (QED) is 0.484. The van der Waals surface area contributed by atoms with Gasteiger partial charge in [0.15, 0.2) is 21.5 Å². The van der Waals surface area contributed by atoms with Crippen LogP contribution in [-0.2, 0) is 14.6 Å². The molecule has 2 bridgehead atoms. The van der Waals surface area contributed by atoms with Crippen LogP contribution in [0.5, 0.6) is 0 Å². The first-order valence-corrected chi connectivity index (χ1v) is 14.3. The summed E-state index contributed by atoms with van der Waals surface area (Å²) < 4.78 is 43.7. The molecule has 2 fully saturated rings. The van der Waals surface area contributed by atoms with E-state index < -0.39 is 21.3 Å². The first-order valence-electron chi connectivity index (χ1n) is 12.4. The van der Waals surface area contributed by atoms with Crippen molar-refractivity contribution in [3.8, 4) is 0 Å². The molecule has 3 atom stereocenters. The Balaban J connectivity index is 1.35. The Morgan fingerprint density at radius 2 is 1.63 bits per heavy atom. The van der Waals surface area contributed by atoms with Crippen LogP contribution in [0, 0.1) is 5.82 Å². The van der Waals surface area contributed by atoms with E-state index in [0.29, 0.717) is 16.9 Å². The second kappa shape index (κ2) is 9.61. The molecule has 4 heterocycles. The molecule has 1 unspecified atom stereocenters. The number of benzene rings is 1. The molecule has 3 aromatic rings. The Morgan fingerprint density at radius 1 is 1.03 bits per heavy atom. The van der Waals surface area contributed by atoms with Crippen LogP contribution in [0.15, 0.2) is 35.7 Å². The second-order valence-electron chi connectivity index (χ2n) is 10.8. The van der Waals surface area contributed by atoms with Crippen molar-refractivity contribution in [2.45, 2.75) is 75.1 Å². The minimum absolute atomic E-state index is 0.0524. The molecule has 2 aliphatic heterocycles. The van der Waals surface area contributed by atoms with Gasteiger partial charge in [-0.2, -0.15) is 0 Å². The maximum absolute atomic E-state index is 14.7. The molecule has 2 aromatic heterocycles. The number of anilines is 3. The number of ether oxygens (including phenoxy) is 1. The highest BCUT2D eigenvalue weighted by atomic mass is 32.2. The van der Waals surface area contributed by atoms with Crippen molar-refractivity contribution in [3.63, 3.8) is 0 Å². The van der Waals surface area contributed by atoms with E-state index in [4.69, 9.17) is 4.74 Å². The van der Waals surface area contributed by atoms with Gasteiger partial charge in [0.25, 0.3) is 0 Å². The van der Waals surface area contributed by atoms with Gasteiger partial charge in [-0.1, -0.05) is 0 Å². The summed E-state index contributed by atoms with van der Waals surface area (Å²) >= 11 is 0. The van der Waals surface area contributed by atoms with Gasteiger partial charge in [0.05, 0.1) is 10.6 Å². The Morgan fingerprint density at radius 3 is 2.21 bits per heavy atom. The number of fused-ring (bicyclic) bond motifs is 3. The lowest BCUT2D eigenvalue weighted by Gasteiger charge is -2.39. The molecule has 13 heteroatoms. The van der Waals surface area contributed by atoms with Crippen molar-refractivity contribution >= 4 is 44.3 Å². The number of piperidine rings is 1. The molecule has 1 aromatic carbocycles. The van der Waals surface area contributed by atoms with Crippen molar-refractivity contribution in [1.29, 1.82) is 0 Å². The molecule has 11 nitrogen and oxygen atoms in total. The molecular formula is C25H30FN7O4S. The summed E-state index contributed by atoms with van der Waals surface area (Å²) in [6, 6.07) is 3.86. The number of hydrogen-bond donors (Lipinski definition) is 2. The van der Waals surface area contributed by atoms with E-state index in [9.17, 15) is 17.6 Å². The smallest absolute Gasteiger partial charge is 0.410 e. The van der Waals surface area contributed by atoms with Crippen LogP contribution in [0.1, 0.15) is 46.5 Å². The number of amides is 1. The summed E-state index contributed by atoms with van der Waals surface area (Å²) in [6.45, 7) is 5.60. The number of nitrogens with zero attached hydrogens (tertiary/aromatic N) is 5. The zero-order chi connectivity index (χ0) is 27.2. The van der Waals surface area contributed by atoms with Gasteiger partial charge in [-0.3, -0.25) is 0 Å². The highest BCUT2D eigenvalue weighted by molar-refractivity contribution is 7.90. The van der Waals surface area contributed by atoms with Crippen molar-refractivity contribution in [3.05, 3.63) is 36.7 Å². The third kappa shape index (κ3) is 5.33. The summed E-state index contributed by atoms with van der Waals surface area (Å²) in [4.78, 5) is 31.8. The minimum atomic E-state index is -3.54. The van der Waals surface area contributed by atoms with Crippen LogP contribution in [0.25, 0.3) is 11.0 Å². The van der Waals surface area contributed by atoms with Crippen LogP contribution in [0.3, 0.4) is 0 Å². The molecule has 0 aliphatic carbocycles. The molecule has 202 valence electrons. The third-order valence-electron chi connectivity index (χ3n) is 6.72. The van der Waals surface area contributed by atoms with Crippen LogP contribution < -0.4 is 10.6 Å². The van der Waals surface area contributed by atoms with E-state index in [1.54, 1.807) is 0 Å².